The Kier molecular flexibility index (Phi) is 2.51. The van der Waals surface area contributed by atoms with Gasteiger partial charge in [-0.1, -0.05) is 6.07 Å². The number of hydrogen-bond acceptors (Lipinski definition) is 5. The Morgan fingerprint density at radius 3 is 2.69 bits per heavy atom. The molecule has 0 saturated carbocycles. The average Bonchev–Trinajstić information content (AvgIpc) is 2.64. The Morgan fingerprint density at radius 1 is 1.25 bits per heavy atom. The fourth-order valence-electron chi connectivity index (χ4n) is 1.25. The summed E-state index contributed by atoms with van der Waals surface area (Å²) in [6.07, 6.45) is 1.40. The van der Waals surface area contributed by atoms with E-state index in [1.807, 2.05) is 0 Å². The number of nitrogen functional groups attached to an aromatic ring is 2. The summed E-state index contributed by atoms with van der Waals surface area (Å²) in [6, 6.07) is 8.35. The lowest BCUT2D eigenvalue weighted by Crippen LogP contribution is -2.09. The zero-order valence-electron chi connectivity index (χ0n) is 8.44. The molecule has 0 radical (unpaired) electrons. The minimum absolute atomic E-state index is 0.145. The number of anilines is 2. The summed E-state index contributed by atoms with van der Waals surface area (Å²) >= 11 is 0. The van der Waals surface area contributed by atoms with Gasteiger partial charge in [-0.25, -0.2) is 0 Å². The summed E-state index contributed by atoms with van der Waals surface area (Å²) < 4.78 is 10.3. The number of nitrogens with two attached hydrogens (primary N) is 2. The van der Waals surface area contributed by atoms with Gasteiger partial charge in [0, 0.05) is 17.8 Å². The highest BCUT2D eigenvalue weighted by atomic mass is 16.5. The highest BCUT2D eigenvalue weighted by Gasteiger charge is 2.11. The number of hydrogen-bond donors (Lipinski definition) is 3. The Balaban J connectivity index is 2.17. The van der Waals surface area contributed by atoms with Crippen LogP contribution < -0.4 is 16.2 Å². The number of benzene rings is 1. The molecule has 5 nitrogen and oxygen atoms in total. The van der Waals surface area contributed by atoms with Crippen LogP contribution in [0.15, 0.2) is 41.0 Å². The van der Waals surface area contributed by atoms with Crippen LogP contribution in [0, 0.1) is 5.41 Å². The summed E-state index contributed by atoms with van der Waals surface area (Å²) in [4.78, 5) is 0. The standard InChI is InChI=1S/C11H11N3O2/c12-7-2-1-3-8(6-7)16-11(14)10-9(13)4-5-15-10/h1-6,14H,12-13H2. The molecule has 5 heteroatoms. The van der Waals surface area contributed by atoms with E-state index in [1.165, 1.54) is 6.26 Å². The molecule has 82 valence electrons. The Bertz CT molecular complexity index is 519. The van der Waals surface area contributed by atoms with Crippen molar-refractivity contribution in [2.24, 2.45) is 0 Å². The van der Waals surface area contributed by atoms with Crippen LogP contribution in [0.3, 0.4) is 0 Å². The molecule has 1 heterocycles. The van der Waals surface area contributed by atoms with Gasteiger partial charge < -0.3 is 20.6 Å². The molecule has 0 unspecified atom stereocenters. The van der Waals surface area contributed by atoms with Crippen molar-refractivity contribution in [2.45, 2.75) is 0 Å². The van der Waals surface area contributed by atoms with Gasteiger partial charge in [0.2, 0.25) is 5.76 Å². The van der Waals surface area contributed by atoms with Gasteiger partial charge in [0.25, 0.3) is 5.90 Å². The van der Waals surface area contributed by atoms with E-state index in [-0.39, 0.29) is 11.7 Å². The zero-order valence-corrected chi connectivity index (χ0v) is 8.44. The molecule has 0 bridgehead atoms. The Morgan fingerprint density at radius 2 is 2.06 bits per heavy atom. The SMILES string of the molecule is N=C(Oc1cccc(N)c1)c1occc1N. The fourth-order valence-corrected chi connectivity index (χ4v) is 1.25. The summed E-state index contributed by atoms with van der Waals surface area (Å²) in [5.41, 5.74) is 12.1. The van der Waals surface area contributed by atoms with Crippen LogP contribution in [-0.2, 0) is 0 Å². The summed E-state index contributed by atoms with van der Waals surface area (Å²) in [5, 5.41) is 7.66. The largest absolute Gasteiger partial charge is 0.457 e. The van der Waals surface area contributed by atoms with E-state index in [0.29, 0.717) is 17.1 Å². The summed E-state index contributed by atoms with van der Waals surface area (Å²) in [6.45, 7) is 0. The molecule has 2 rings (SSSR count). The van der Waals surface area contributed by atoms with E-state index in [1.54, 1.807) is 30.3 Å². The Hall–Kier alpha value is -2.43. The predicted molar refractivity (Wildman–Crippen MR) is 61.4 cm³/mol. The average molecular weight is 217 g/mol. The lowest BCUT2D eigenvalue weighted by Gasteiger charge is -2.05. The van der Waals surface area contributed by atoms with E-state index in [0.717, 1.165) is 0 Å². The van der Waals surface area contributed by atoms with Crippen LogP contribution in [0.25, 0.3) is 0 Å². The monoisotopic (exact) mass is 217 g/mol. The maximum atomic E-state index is 7.66. The maximum absolute atomic E-state index is 7.66. The van der Waals surface area contributed by atoms with E-state index < -0.39 is 0 Å². The van der Waals surface area contributed by atoms with Crippen molar-refractivity contribution in [3.8, 4) is 5.75 Å². The molecule has 0 spiro atoms. The number of ether oxygens (including phenoxy) is 1. The van der Waals surface area contributed by atoms with Gasteiger partial charge in [0.15, 0.2) is 0 Å². The second kappa shape index (κ2) is 3.98. The lowest BCUT2D eigenvalue weighted by atomic mass is 10.3. The minimum atomic E-state index is -0.145. The molecule has 5 N–H and O–H groups in total. The maximum Gasteiger partial charge on any atom is 0.257 e. The van der Waals surface area contributed by atoms with Crippen molar-refractivity contribution in [2.75, 3.05) is 11.5 Å². The van der Waals surface area contributed by atoms with Crippen molar-refractivity contribution in [3.05, 3.63) is 42.4 Å². The molecule has 16 heavy (non-hydrogen) atoms. The molecule has 0 amide bonds. The fraction of sp³-hybridized carbons (Fsp3) is 0. The zero-order chi connectivity index (χ0) is 11.5. The number of rotatable bonds is 2. The third-order valence-corrected chi connectivity index (χ3v) is 1.98. The molecular weight excluding hydrogens is 206 g/mol. The normalized spacial score (nSPS) is 10.0. The van der Waals surface area contributed by atoms with Crippen molar-refractivity contribution >= 4 is 17.3 Å². The van der Waals surface area contributed by atoms with Crippen molar-refractivity contribution in [3.63, 3.8) is 0 Å². The van der Waals surface area contributed by atoms with Crippen LogP contribution in [0.2, 0.25) is 0 Å². The van der Waals surface area contributed by atoms with Crippen LogP contribution in [0.1, 0.15) is 5.76 Å². The van der Waals surface area contributed by atoms with Crippen LogP contribution in [-0.4, -0.2) is 5.90 Å². The third kappa shape index (κ3) is 1.98. The molecule has 1 aromatic carbocycles. The van der Waals surface area contributed by atoms with Gasteiger partial charge in [0.1, 0.15) is 5.75 Å². The summed E-state index contributed by atoms with van der Waals surface area (Å²) in [7, 11) is 0. The molecular formula is C11H11N3O2. The van der Waals surface area contributed by atoms with Crippen molar-refractivity contribution < 1.29 is 9.15 Å². The van der Waals surface area contributed by atoms with Gasteiger partial charge in [-0.2, -0.15) is 0 Å². The van der Waals surface area contributed by atoms with Gasteiger partial charge in [-0.05, 0) is 12.1 Å². The van der Waals surface area contributed by atoms with E-state index >= 15 is 0 Å². The first kappa shape index (κ1) is 10.1. The number of nitrogens with one attached hydrogen (secondary N) is 1. The summed E-state index contributed by atoms with van der Waals surface area (Å²) in [5.74, 6) is 0.538. The third-order valence-electron chi connectivity index (χ3n) is 1.98. The quantitative estimate of drug-likeness (QED) is 0.406. The molecule has 2 aromatic rings. The van der Waals surface area contributed by atoms with Gasteiger partial charge in [0.05, 0.1) is 12.0 Å². The van der Waals surface area contributed by atoms with Crippen molar-refractivity contribution in [1.82, 2.24) is 0 Å². The molecule has 0 atom stereocenters. The van der Waals surface area contributed by atoms with Crippen LogP contribution >= 0.6 is 0 Å². The van der Waals surface area contributed by atoms with E-state index in [2.05, 4.69) is 0 Å². The molecule has 0 aliphatic carbocycles. The van der Waals surface area contributed by atoms with E-state index in [9.17, 15) is 0 Å². The van der Waals surface area contributed by atoms with Crippen LogP contribution in [0.5, 0.6) is 5.75 Å². The first-order valence-corrected chi connectivity index (χ1v) is 4.62. The second-order valence-corrected chi connectivity index (χ2v) is 3.21. The van der Waals surface area contributed by atoms with E-state index in [4.69, 9.17) is 26.0 Å². The molecule has 0 aliphatic rings. The predicted octanol–water partition coefficient (Wildman–Crippen LogP) is 1.85. The molecule has 0 saturated heterocycles. The smallest absolute Gasteiger partial charge is 0.257 e. The first-order chi connectivity index (χ1) is 7.66. The van der Waals surface area contributed by atoms with Gasteiger partial charge in [-0.3, -0.25) is 5.41 Å². The highest BCUT2D eigenvalue weighted by Crippen LogP contribution is 2.19. The topological polar surface area (TPSA) is 98.3 Å². The van der Waals surface area contributed by atoms with Crippen LogP contribution in [0.4, 0.5) is 11.4 Å². The first-order valence-electron chi connectivity index (χ1n) is 4.62. The molecule has 0 aliphatic heterocycles. The van der Waals surface area contributed by atoms with Gasteiger partial charge in [-0.15, -0.1) is 0 Å². The number of furan rings is 1. The second-order valence-electron chi connectivity index (χ2n) is 3.21. The molecule has 0 fully saturated rings. The molecule has 1 aromatic heterocycles. The Labute approximate surface area is 92.1 Å². The van der Waals surface area contributed by atoms with Crippen molar-refractivity contribution in [1.29, 1.82) is 5.41 Å². The lowest BCUT2D eigenvalue weighted by molar-refractivity contribution is 0.494. The van der Waals surface area contributed by atoms with Gasteiger partial charge >= 0.3 is 0 Å². The highest BCUT2D eigenvalue weighted by molar-refractivity contribution is 5.95. The minimum Gasteiger partial charge on any atom is -0.457 e.